The lowest BCUT2D eigenvalue weighted by atomic mass is 10.0. The molecule has 0 bridgehead atoms. The van der Waals surface area contributed by atoms with Crippen molar-refractivity contribution in [3.05, 3.63) is 72.9 Å². The molecular weight excluding hydrogens is 769 g/mol. The highest BCUT2D eigenvalue weighted by molar-refractivity contribution is 7.47. The van der Waals surface area contributed by atoms with E-state index in [0.29, 0.717) is 43.1 Å². The molecule has 0 aromatic heterocycles. The Morgan fingerprint density at radius 1 is 0.627 bits per heavy atom. The molecule has 11 nitrogen and oxygen atoms in total. The molecule has 0 aromatic rings. The molecule has 0 spiro atoms. The molecular formula is C47H83NO10P+. The van der Waals surface area contributed by atoms with Crippen LogP contribution in [-0.4, -0.2) is 97.3 Å². The second-order valence-electron chi connectivity index (χ2n) is 16.1. The molecule has 0 radical (unpaired) electrons. The fourth-order valence-corrected chi connectivity index (χ4v) is 6.37. The van der Waals surface area contributed by atoms with Crippen molar-refractivity contribution in [3.8, 4) is 0 Å². The summed E-state index contributed by atoms with van der Waals surface area (Å²) in [6.45, 7) is 4.02. The number of carbonyl (C=O) groups is 2. The third-order valence-corrected chi connectivity index (χ3v) is 10.2. The first-order chi connectivity index (χ1) is 28.3. The number of hydrogen-bond donors (Lipinski definition) is 3. The van der Waals surface area contributed by atoms with Crippen molar-refractivity contribution in [2.45, 2.75) is 167 Å². The zero-order valence-corrected chi connectivity index (χ0v) is 38.3. The van der Waals surface area contributed by atoms with E-state index >= 15 is 0 Å². The average molecular weight is 853 g/mol. The normalized spacial score (nSPS) is 15.3. The van der Waals surface area contributed by atoms with E-state index < -0.39 is 44.7 Å². The van der Waals surface area contributed by atoms with Gasteiger partial charge in [0.05, 0.1) is 40.0 Å². The largest absolute Gasteiger partial charge is 0.472 e. The van der Waals surface area contributed by atoms with E-state index in [1.807, 2.05) is 64.5 Å². The number of unbranched alkanes of at least 4 members (excludes halogenated alkanes) is 13. The van der Waals surface area contributed by atoms with Gasteiger partial charge in [-0.15, -0.1) is 0 Å². The van der Waals surface area contributed by atoms with E-state index in [0.717, 1.165) is 25.7 Å². The van der Waals surface area contributed by atoms with Gasteiger partial charge in [0.25, 0.3) is 0 Å². The molecule has 4 atom stereocenters. The van der Waals surface area contributed by atoms with Gasteiger partial charge in [-0.25, -0.2) is 4.57 Å². The predicted octanol–water partition coefficient (Wildman–Crippen LogP) is 10.6. The minimum Gasteiger partial charge on any atom is -0.462 e. The number of hydrogen-bond acceptors (Lipinski definition) is 9. The van der Waals surface area contributed by atoms with Crippen LogP contribution >= 0.6 is 7.82 Å². The monoisotopic (exact) mass is 853 g/mol. The maximum absolute atomic E-state index is 12.7. The number of phosphoric ester groups is 1. The van der Waals surface area contributed by atoms with Gasteiger partial charge in [0.2, 0.25) is 0 Å². The molecule has 0 saturated carbocycles. The standard InChI is InChI=1S/C47H82NO10P/c1-6-8-10-11-12-13-14-15-16-17-18-19-24-32-38-47(52)58-45(42-57-59(53,54)56-40-39-48(3,4)5)41-55-46(51)37-31-23-21-20-22-28-34-44(50)36-30-26-25-29-35-43(49)33-27-9-7-2/h9,21-23,25-30,35-36,43-45,49-50H,6-8,10-20,24,31-34,37-42H2,1-5H3/p+1/b23-21-,26-25-,27-9-,28-22-,35-29+,36-30+/t43-,44+,45-/m1/s1. The summed E-state index contributed by atoms with van der Waals surface area (Å²) in [5.41, 5.74) is 0. The maximum Gasteiger partial charge on any atom is 0.472 e. The summed E-state index contributed by atoms with van der Waals surface area (Å²) in [6.07, 6.45) is 40.3. The predicted molar refractivity (Wildman–Crippen MR) is 241 cm³/mol. The molecule has 1 unspecified atom stereocenters. The molecule has 0 amide bonds. The van der Waals surface area contributed by atoms with Crippen LogP contribution in [0.2, 0.25) is 0 Å². The number of quaternary nitrogens is 1. The second kappa shape index (κ2) is 38.3. The lowest BCUT2D eigenvalue weighted by Gasteiger charge is -2.24. The molecule has 0 rings (SSSR count). The molecule has 340 valence electrons. The Hall–Kier alpha value is -2.63. The van der Waals surface area contributed by atoms with Gasteiger partial charge in [-0.3, -0.25) is 18.6 Å². The van der Waals surface area contributed by atoms with Crippen molar-refractivity contribution in [3.63, 3.8) is 0 Å². The lowest BCUT2D eigenvalue weighted by Crippen LogP contribution is -2.37. The van der Waals surface area contributed by atoms with Crippen molar-refractivity contribution < 1.29 is 52.3 Å². The molecule has 59 heavy (non-hydrogen) atoms. The third-order valence-electron chi connectivity index (χ3n) is 9.18. The molecule has 0 fully saturated rings. The Kier molecular flexibility index (Phi) is 36.6. The van der Waals surface area contributed by atoms with E-state index in [1.54, 1.807) is 36.5 Å². The number of phosphoric acid groups is 1. The summed E-state index contributed by atoms with van der Waals surface area (Å²) >= 11 is 0. The lowest BCUT2D eigenvalue weighted by molar-refractivity contribution is -0.870. The van der Waals surface area contributed by atoms with Crippen LogP contribution in [0.1, 0.15) is 149 Å². The minimum atomic E-state index is -4.42. The van der Waals surface area contributed by atoms with Crippen molar-refractivity contribution >= 4 is 19.8 Å². The Bertz CT molecular complexity index is 1270. The van der Waals surface area contributed by atoms with Crippen LogP contribution in [0.5, 0.6) is 0 Å². The van der Waals surface area contributed by atoms with Gasteiger partial charge in [0.15, 0.2) is 6.10 Å². The Morgan fingerprint density at radius 2 is 1.15 bits per heavy atom. The number of esters is 2. The first kappa shape index (κ1) is 56.4. The summed E-state index contributed by atoms with van der Waals surface area (Å²) in [5, 5.41) is 20.0. The maximum atomic E-state index is 12.7. The number of nitrogens with zero attached hydrogens (tertiary/aromatic N) is 1. The fraction of sp³-hybridized carbons (Fsp3) is 0.702. The van der Waals surface area contributed by atoms with Crippen LogP contribution in [0.15, 0.2) is 72.9 Å². The highest BCUT2D eigenvalue weighted by atomic mass is 31.2. The first-order valence-electron chi connectivity index (χ1n) is 22.4. The smallest absolute Gasteiger partial charge is 0.462 e. The summed E-state index contributed by atoms with van der Waals surface area (Å²) in [4.78, 5) is 35.3. The van der Waals surface area contributed by atoms with Crippen LogP contribution in [0.25, 0.3) is 0 Å². The summed E-state index contributed by atoms with van der Waals surface area (Å²) < 4.78 is 34.1. The molecule has 0 aliphatic heterocycles. The van der Waals surface area contributed by atoms with Crippen LogP contribution in [-0.2, 0) is 32.7 Å². The second-order valence-corrected chi connectivity index (χ2v) is 17.6. The van der Waals surface area contributed by atoms with Gasteiger partial charge in [0, 0.05) is 12.8 Å². The molecule has 0 saturated heterocycles. The zero-order chi connectivity index (χ0) is 43.9. The average Bonchev–Trinajstić information content (AvgIpc) is 3.17. The molecule has 0 aliphatic carbocycles. The Labute approximate surface area is 358 Å². The van der Waals surface area contributed by atoms with Crippen LogP contribution in [0, 0.1) is 0 Å². The van der Waals surface area contributed by atoms with Crippen molar-refractivity contribution in [1.29, 1.82) is 0 Å². The summed E-state index contributed by atoms with van der Waals surface area (Å²) in [7, 11) is 1.37. The minimum absolute atomic E-state index is 0.000101. The molecule has 0 aromatic carbocycles. The van der Waals surface area contributed by atoms with Gasteiger partial charge >= 0.3 is 19.8 Å². The number of likely N-dealkylation sites (N-methyl/N-ethyl adjacent to an activating group) is 1. The quantitative estimate of drug-likeness (QED) is 0.0136. The number of allylic oxidation sites excluding steroid dienone is 8. The van der Waals surface area contributed by atoms with E-state index in [9.17, 15) is 29.3 Å². The number of carbonyl (C=O) groups excluding carboxylic acids is 2. The van der Waals surface area contributed by atoms with E-state index in [2.05, 4.69) is 6.92 Å². The Balaban J connectivity index is 4.58. The van der Waals surface area contributed by atoms with E-state index in [1.165, 1.54) is 64.2 Å². The van der Waals surface area contributed by atoms with Crippen LogP contribution in [0.4, 0.5) is 0 Å². The molecule has 3 N–H and O–H groups in total. The van der Waals surface area contributed by atoms with Crippen LogP contribution < -0.4 is 0 Å². The van der Waals surface area contributed by atoms with Crippen molar-refractivity contribution in [2.75, 3.05) is 47.5 Å². The zero-order valence-electron chi connectivity index (χ0n) is 37.4. The first-order valence-corrected chi connectivity index (χ1v) is 23.9. The molecule has 12 heteroatoms. The SMILES string of the molecule is CC/C=C\C[C@@H](O)/C=C/C=C\C=C\[C@@H](O)C/C=C\C/C=C\CCC(=O)OC[C@H](COP(=O)(O)OCC[N+](C)(C)C)OC(=O)CCCCCCCCCCCCCCCC. The van der Waals surface area contributed by atoms with Crippen molar-refractivity contribution in [2.24, 2.45) is 0 Å². The number of aliphatic hydroxyl groups is 2. The van der Waals surface area contributed by atoms with Crippen LogP contribution in [0.3, 0.4) is 0 Å². The number of ether oxygens (including phenoxy) is 2. The van der Waals surface area contributed by atoms with Gasteiger partial charge in [-0.1, -0.05) is 170 Å². The summed E-state index contributed by atoms with van der Waals surface area (Å²) in [6, 6.07) is 0. The third kappa shape index (κ3) is 41.9. The van der Waals surface area contributed by atoms with Gasteiger partial charge in [-0.05, 0) is 38.5 Å². The number of aliphatic hydroxyl groups excluding tert-OH is 2. The van der Waals surface area contributed by atoms with E-state index in [-0.39, 0.29) is 26.1 Å². The van der Waals surface area contributed by atoms with E-state index in [4.69, 9.17) is 18.5 Å². The highest BCUT2D eigenvalue weighted by Gasteiger charge is 2.27. The topological polar surface area (TPSA) is 149 Å². The van der Waals surface area contributed by atoms with Gasteiger partial charge in [0.1, 0.15) is 19.8 Å². The van der Waals surface area contributed by atoms with Gasteiger partial charge in [-0.2, -0.15) is 0 Å². The fourth-order valence-electron chi connectivity index (χ4n) is 5.63. The number of rotatable bonds is 39. The Morgan fingerprint density at radius 3 is 1.69 bits per heavy atom. The molecule has 0 heterocycles. The highest BCUT2D eigenvalue weighted by Crippen LogP contribution is 2.43. The van der Waals surface area contributed by atoms with Crippen molar-refractivity contribution in [1.82, 2.24) is 0 Å². The summed E-state index contributed by atoms with van der Waals surface area (Å²) in [5.74, 6) is -0.969. The van der Waals surface area contributed by atoms with Gasteiger partial charge < -0.3 is 29.1 Å². The molecule has 0 aliphatic rings.